The van der Waals surface area contributed by atoms with Crippen LogP contribution in [0.3, 0.4) is 0 Å². The third-order valence-corrected chi connectivity index (χ3v) is 6.84. The van der Waals surface area contributed by atoms with Crippen LogP contribution in [-0.2, 0) is 20.7 Å². The number of fused-ring (bicyclic) bond motifs is 6. The summed E-state index contributed by atoms with van der Waals surface area (Å²) in [5, 5.41) is 13.8. The number of nitrogens with one attached hydrogen (secondary N) is 1. The molecule has 10 nitrogen and oxygen atoms in total. The first-order valence-corrected chi connectivity index (χ1v) is 10.5. The highest BCUT2D eigenvalue weighted by Crippen LogP contribution is 2.47. The topological polar surface area (TPSA) is 124 Å². The average Bonchev–Trinajstić information content (AvgIpc) is 3.15. The van der Waals surface area contributed by atoms with Gasteiger partial charge in [-0.1, -0.05) is 0 Å². The first kappa shape index (κ1) is 21.9. The fourth-order valence-electron chi connectivity index (χ4n) is 5.35. The number of methoxy groups -OCH3 is 2. The first-order valence-electron chi connectivity index (χ1n) is 10.5. The second-order valence-electron chi connectivity index (χ2n) is 8.35. The number of rotatable bonds is 2. The van der Waals surface area contributed by atoms with Crippen molar-refractivity contribution in [1.82, 2.24) is 9.88 Å². The van der Waals surface area contributed by atoms with Crippen molar-refractivity contribution in [3.8, 4) is 5.75 Å². The minimum Gasteiger partial charge on any atom is -0.497 e. The monoisotopic (exact) mass is 446 g/mol. The van der Waals surface area contributed by atoms with Crippen molar-refractivity contribution in [2.75, 3.05) is 27.3 Å². The standard InChI is InChI=1S/C22H26N2O4.H2NO3/c1-12-17-10-24-7-6-15-14-5-4-13(26-2)8-19(14)23-21(15)20(24)9-16(17)18(11-28-12)22(25)27-3;2-1(3)4/h4-5,8,11-12,16-17,20,23H,6-7,9-10H2,1-3H3;(H2,2,3,4)/q;+1. The summed E-state index contributed by atoms with van der Waals surface area (Å²) in [5.41, 5.74) is 4.49. The third-order valence-electron chi connectivity index (χ3n) is 6.84. The van der Waals surface area contributed by atoms with E-state index in [4.69, 9.17) is 29.5 Å². The molecule has 0 aliphatic carbocycles. The molecule has 1 fully saturated rings. The molecule has 3 aliphatic rings. The number of esters is 1. The third kappa shape index (κ3) is 3.86. The maximum absolute atomic E-state index is 12.3. The summed E-state index contributed by atoms with van der Waals surface area (Å²) in [6.07, 6.45) is 3.67. The molecule has 0 amide bonds. The zero-order valence-electron chi connectivity index (χ0n) is 18.3. The maximum atomic E-state index is 12.3. The van der Waals surface area contributed by atoms with Gasteiger partial charge < -0.3 is 19.2 Å². The van der Waals surface area contributed by atoms with Gasteiger partial charge in [-0.25, -0.2) is 15.2 Å². The molecule has 5 rings (SSSR count). The number of benzene rings is 1. The van der Waals surface area contributed by atoms with E-state index in [0.29, 0.717) is 11.5 Å². The fraction of sp³-hybridized carbons (Fsp3) is 0.500. The van der Waals surface area contributed by atoms with Gasteiger partial charge in [-0.05, 0) is 37.5 Å². The van der Waals surface area contributed by atoms with Crippen LogP contribution in [0.15, 0.2) is 30.0 Å². The van der Waals surface area contributed by atoms with Crippen LogP contribution < -0.4 is 4.74 Å². The molecule has 4 heterocycles. The zero-order valence-corrected chi connectivity index (χ0v) is 18.3. The number of carbonyl (C=O) groups excluding carboxylic acids is 1. The van der Waals surface area contributed by atoms with Crippen LogP contribution >= 0.6 is 0 Å². The lowest BCUT2D eigenvalue weighted by molar-refractivity contribution is -0.969. The summed E-state index contributed by atoms with van der Waals surface area (Å²) in [4.78, 5) is 27.0. The Morgan fingerprint density at radius 2 is 2.06 bits per heavy atom. The lowest BCUT2D eigenvalue weighted by atomic mass is 9.72. The largest absolute Gasteiger partial charge is 0.497 e. The van der Waals surface area contributed by atoms with E-state index in [-0.39, 0.29) is 24.0 Å². The molecule has 0 saturated carbocycles. The Kier molecular flexibility index (Phi) is 5.96. The smallest absolute Gasteiger partial charge is 0.472 e. The Morgan fingerprint density at radius 3 is 2.75 bits per heavy atom. The van der Waals surface area contributed by atoms with Crippen LogP contribution in [0.1, 0.15) is 30.6 Å². The summed E-state index contributed by atoms with van der Waals surface area (Å²) in [6, 6.07) is 6.53. The van der Waals surface area contributed by atoms with Crippen LogP contribution in [0.25, 0.3) is 10.9 Å². The molecule has 3 aliphatic heterocycles. The minimum absolute atomic E-state index is 0.104. The van der Waals surface area contributed by atoms with Gasteiger partial charge >= 0.3 is 11.1 Å². The molecule has 0 radical (unpaired) electrons. The van der Waals surface area contributed by atoms with Gasteiger partial charge in [-0.15, -0.1) is 0 Å². The summed E-state index contributed by atoms with van der Waals surface area (Å²) in [7, 11) is 3.13. The van der Waals surface area contributed by atoms with Gasteiger partial charge in [0.25, 0.3) is 0 Å². The molecule has 4 atom stereocenters. The fourth-order valence-corrected chi connectivity index (χ4v) is 5.35. The summed E-state index contributed by atoms with van der Waals surface area (Å²) < 4.78 is 16.2. The van der Waals surface area contributed by atoms with Gasteiger partial charge in [0, 0.05) is 47.6 Å². The summed E-state index contributed by atoms with van der Waals surface area (Å²) in [5.74, 6) is 1.05. The van der Waals surface area contributed by atoms with E-state index in [1.807, 2.05) is 6.07 Å². The highest BCUT2D eigenvalue weighted by atomic mass is 16.9. The first-order chi connectivity index (χ1) is 15.3. The number of aromatic nitrogens is 1. The lowest BCUT2D eigenvalue weighted by Gasteiger charge is -2.49. The number of hydrogen-bond donors (Lipinski definition) is 3. The molecule has 4 unspecified atom stereocenters. The summed E-state index contributed by atoms with van der Waals surface area (Å²) in [6.45, 7) is 4.07. The SMILES string of the molecule is COC(=O)C1=COC(C)C2CN3CCc4c([nH]c5cc(OC)ccc45)C3CC12.O=[N+](O)O. The molecule has 2 aromatic rings. The van der Waals surface area contributed by atoms with Gasteiger partial charge in [0.15, 0.2) is 0 Å². The van der Waals surface area contributed by atoms with Gasteiger partial charge in [0.2, 0.25) is 0 Å². The van der Waals surface area contributed by atoms with Crippen molar-refractivity contribution >= 4 is 16.9 Å². The van der Waals surface area contributed by atoms with E-state index in [2.05, 4.69) is 28.9 Å². The van der Waals surface area contributed by atoms with Crippen molar-refractivity contribution < 1.29 is 34.5 Å². The van der Waals surface area contributed by atoms with Crippen molar-refractivity contribution in [2.45, 2.75) is 31.9 Å². The normalized spacial score (nSPS) is 26.3. The number of piperidine rings is 1. The highest BCUT2D eigenvalue weighted by molar-refractivity contribution is 5.89. The van der Waals surface area contributed by atoms with Crippen LogP contribution in [-0.4, -0.2) is 64.8 Å². The number of hydrogen-bond acceptors (Lipinski definition) is 6. The number of ether oxygens (including phenoxy) is 3. The Morgan fingerprint density at radius 1 is 1.31 bits per heavy atom. The molecule has 1 aromatic heterocycles. The molecule has 0 bridgehead atoms. The zero-order chi connectivity index (χ0) is 23.0. The summed E-state index contributed by atoms with van der Waals surface area (Å²) >= 11 is 0. The van der Waals surface area contributed by atoms with Crippen molar-refractivity contribution in [3.05, 3.63) is 46.2 Å². The average molecular weight is 446 g/mol. The molecule has 1 saturated heterocycles. The Balaban J connectivity index is 0.000000567. The second kappa shape index (κ2) is 8.70. The molecule has 32 heavy (non-hydrogen) atoms. The minimum atomic E-state index is -1.25. The van der Waals surface area contributed by atoms with Gasteiger partial charge in [-0.3, -0.25) is 4.90 Å². The predicted molar refractivity (Wildman–Crippen MR) is 112 cm³/mol. The highest BCUT2D eigenvalue weighted by Gasteiger charge is 2.46. The maximum Gasteiger partial charge on any atom is 0.472 e. The van der Waals surface area contributed by atoms with Gasteiger partial charge in [0.1, 0.15) is 10.7 Å². The van der Waals surface area contributed by atoms with Crippen LogP contribution in [0, 0.1) is 16.7 Å². The van der Waals surface area contributed by atoms with E-state index >= 15 is 0 Å². The molecule has 172 valence electrons. The van der Waals surface area contributed by atoms with Crippen LogP contribution in [0.4, 0.5) is 0 Å². The number of aromatic amines is 1. The molecular weight excluding hydrogens is 418 g/mol. The van der Waals surface area contributed by atoms with E-state index in [0.717, 1.165) is 37.2 Å². The molecule has 0 spiro atoms. The molecular formula is C22H28N3O7+. The second-order valence-corrected chi connectivity index (χ2v) is 8.35. The van der Waals surface area contributed by atoms with E-state index < -0.39 is 5.09 Å². The van der Waals surface area contributed by atoms with Gasteiger partial charge in [0.05, 0.1) is 38.2 Å². The number of carbonyl (C=O) groups is 1. The lowest BCUT2D eigenvalue weighted by Crippen LogP contribution is -2.51. The van der Waals surface area contributed by atoms with Crippen LogP contribution in [0.2, 0.25) is 0 Å². The number of H-pyrrole nitrogens is 1. The van der Waals surface area contributed by atoms with Crippen molar-refractivity contribution in [1.29, 1.82) is 0 Å². The Bertz CT molecular complexity index is 1060. The van der Waals surface area contributed by atoms with Crippen molar-refractivity contribution in [2.24, 2.45) is 11.8 Å². The predicted octanol–water partition coefficient (Wildman–Crippen LogP) is 2.73. The van der Waals surface area contributed by atoms with Crippen LogP contribution in [0.5, 0.6) is 5.75 Å². The molecule has 10 heteroatoms. The van der Waals surface area contributed by atoms with Gasteiger partial charge in [-0.2, -0.15) is 0 Å². The Hall–Kier alpha value is -3.27. The quantitative estimate of drug-likeness (QED) is 0.475. The molecule has 3 N–H and O–H groups in total. The Labute approximate surface area is 184 Å². The van der Waals surface area contributed by atoms with E-state index in [1.54, 1.807) is 13.4 Å². The van der Waals surface area contributed by atoms with E-state index in [1.165, 1.54) is 23.8 Å². The molecule has 1 aromatic carbocycles. The van der Waals surface area contributed by atoms with Crippen molar-refractivity contribution in [3.63, 3.8) is 0 Å². The number of nitrogens with zero attached hydrogens (tertiary/aromatic N) is 2. The van der Waals surface area contributed by atoms with E-state index in [9.17, 15) is 4.79 Å².